The van der Waals surface area contributed by atoms with E-state index in [9.17, 15) is 4.79 Å². The van der Waals surface area contributed by atoms with Gasteiger partial charge in [-0.1, -0.05) is 42.1 Å². The number of carbonyl (C=O) groups is 1. The van der Waals surface area contributed by atoms with Gasteiger partial charge in [0.05, 0.1) is 22.8 Å². The van der Waals surface area contributed by atoms with Crippen molar-refractivity contribution in [2.45, 2.75) is 24.8 Å². The molecule has 0 fully saturated rings. The Bertz CT molecular complexity index is 1100. The van der Waals surface area contributed by atoms with E-state index in [1.165, 1.54) is 6.33 Å². The Morgan fingerprint density at radius 3 is 2.55 bits per heavy atom. The third kappa shape index (κ3) is 4.22. The van der Waals surface area contributed by atoms with E-state index in [4.69, 9.17) is 0 Å². The number of para-hydroxylation sites is 1. The summed E-state index contributed by atoms with van der Waals surface area (Å²) in [6, 6.07) is 17.4. The van der Waals surface area contributed by atoms with Gasteiger partial charge in [-0.15, -0.1) is 0 Å². The van der Waals surface area contributed by atoms with Crippen LogP contribution in [0.25, 0.3) is 5.69 Å². The van der Waals surface area contributed by atoms with Gasteiger partial charge in [-0.25, -0.2) is 9.67 Å². The van der Waals surface area contributed by atoms with Gasteiger partial charge in [0.25, 0.3) is 5.91 Å². The number of H-pyrrole nitrogens is 1. The zero-order valence-corrected chi connectivity index (χ0v) is 16.9. The Balaban J connectivity index is 1.46. The monoisotopic (exact) mass is 404 g/mol. The van der Waals surface area contributed by atoms with Gasteiger partial charge in [0.2, 0.25) is 0 Å². The summed E-state index contributed by atoms with van der Waals surface area (Å²) in [7, 11) is 0. The number of rotatable bonds is 6. The molecule has 0 spiro atoms. The molecule has 146 valence electrons. The van der Waals surface area contributed by atoms with E-state index in [2.05, 4.69) is 25.6 Å². The first-order valence-corrected chi connectivity index (χ1v) is 10.1. The van der Waals surface area contributed by atoms with E-state index in [1.54, 1.807) is 11.8 Å². The van der Waals surface area contributed by atoms with E-state index in [1.807, 2.05) is 73.1 Å². The van der Waals surface area contributed by atoms with Gasteiger partial charge in [-0.3, -0.25) is 9.89 Å². The minimum absolute atomic E-state index is 0.154. The number of thioether (sulfide) groups is 1. The van der Waals surface area contributed by atoms with E-state index in [0.717, 1.165) is 39.2 Å². The number of aromatic amines is 1. The second-order valence-corrected chi connectivity index (χ2v) is 7.49. The third-order valence-corrected chi connectivity index (χ3v) is 5.46. The number of carbonyl (C=O) groups excluding carboxylic acids is 1. The number of amides is 1. The summed E-state index contributed by atoms with van der Waals surface area (Å²) in [5, 5.41) is 15.0. The molecule has 0 radical (unpaired) electrons. The molecule has 0 aliphatic heterocycles. The molecule has 4 rings (SSSR count). The van der Waals surface area contributed by atoms with Gasteiger partial charge in [0.1, 0.15) is 6.33 Å². The molecule has 2 aromatic carbocycles. The molecule has 0 atom stereocenters. The number of nitrogens with one attached hydrogen (secondary N) is 2. The molecule has 2 N–H and O–H groups in total. The van der Waals surface area contributed by atoms with Crippen LogP contribution in [0.1, 0.15) is 27.3 Å². The van der Waals surface area contributed by atoms with Crippen LogP contribution in [0.15, 0.2) is 66.1 Å². The number of aromatic nitrogens is 5. The number of anilines is 1. The van der Waals surface area contributed by atoms with Crippen LogP contribution in [0.5, 0.6) is 0 Å². The third-order valence-electron chi connectivity index (χ3n) is 4.52. The highest BCUT2D eigenvalue weighted by atomic mass is 32.2. The molecule has 0 saturated carbocycles. The summed E-state index contributed by atoms with van der Waals surface area (Å²) in [4.78, 5) is 16.8. The highest BCUT2D eigenvalue weighted by molar-refractivity contribution is 7.98. The van der Waals surface area contributed by atoms with Crippen LogP contribution in [0.2, 0.25) is 0 Å². The number of nitrogens with zero attached hydrogens (tertiary/aromatic N) is 4. The molecule has 7 nitrogen and oxygen atoms in total. The Hall–Kier alpha value is -3.39. The Labute approximate surface area is 172 Å². The zero-order valence-electron chi connectivity index (χ0n) is 16.1. The van der Waals surface area contributed by atoms with Gasteiger partial charge in [0.15, 0.2) is 5.16 Å². The molecule has 0 bridgehead atoms. The maximum absolute atomic E-state index is 12.7. The molecule has 2 heterocycles. The number of hydrogen-bond acceptors (Lipinski definition) is 5. The predicted octanol–water partition coefficient (Wildman–Crippen LogP) is 4.15. The van der Waals surface area contributed by atoms with Crippen molar-refractivity contribution >= 4 is 23.4 Å². The maximum atomic E-state index is 12.7. The van der Waals surface area contributed by atoms with E-state index in [-0.39, 0.29) is 5.91 Å². The van der Waals surface area contributed by atoms with Crippen molar-refractivity contribution in [3.05, 3.63) is 83.4 Å². The zero-order chi connectivity index (χ0) is 20.2. The fourth-order valence-electron chi connectivity index (χ4n) is 3.00. The summed E-state index contributed by atoms with van der Waals surface area (Å²) in [5.74, 6) is 0.595. The lowest BCUT2D eigenvalue weighted by atomic mass is 10.1. The van der Waals surface area contributed by atoms with Crippen molar-refractivity contribution in [3.63, 3.8) is 0 Å². The van der Waals surface area contributed by atoms with E-state index in [0.29, 0.717) is 5.56 Å². The van der Waals surface area contributed by atoms with Crippen LogP contribution < -0.4 is 5.32 Å². The van der Waals surface area contributed by atoms with E-state index < -0.39 is 0 Å². The first-order chi connectivity index (χ1) is 14.1. The van der Waals surface area contributed by atoms with Gasteiger partial charge >= 0.3 is 0 Å². The summed E-state index contributed by atoms with van der Waals surface area (Å²) in [6.07, 6.45) is 1.49. The quantitative estimate of drug-likeness (QED) is 0.471. The lowest BCUT2D eigenvalue weighted by Gasteiger charge is -2.08. The SMILES string of the molecule is Cc1nn(-c2ccccc2)c(C)c1NC(=O)c1ccc(CSc2ncn[nH]2)cc1. The van der Waals surface area contributed by atoms with Crippen molar-refractivity contribution in [2.24, 2.45) is 0 Å². The lowest BCUT2D eigenvalue weighted by Crippen LogP contribution is -2.13. The predicted molar refractivity (Wildman–Crippen MR) is 113 cm³/mol. The van der Waals surface area contributed by atoms with Crippen LogP contribution in [0, 0.1) is 13.8 Å². The number of benzene rings is 2. The normalized spacial score (nSPS) is 10.8. The first kappa shape index (κ1) is 18.9. The molecule has 0 unspecified atom stereocenters. The largest absolute Gasteiger partial charge is 0.319 e. The molecule has 1 amide bonds. The highest BCUT2D eigenvalue weighted by Gasteiger charge is 2.16. The standard InChI is InChI=1S/C21H20N6OS/c1-14-19(15(2)27(26-14)18-6-4-3-5-7-18)24-20(28)17-10-8-16(9-11-17)12-29-21-22-13-23-25-21/h3-11,13H,12H2,1-2H3,(H,24,28)(H,22,23,25). The van der Waals surface area contributed by atoms with Crippen LogP contribution in [0.3, 0.4) is 0 Å². The second kappa shape index (κ2) is 8.32. The molecular weight excluding hydrogens is 384 g/mol. The Kier molecular flexibility index (Phi) is 5.44. The summed E-state index contributed by atoms with van der Waals surface area (Å²) < 4.78 is 1.84. The lowest BCUT2D eigenvalue weighted by molar-refractivity contribution is 0.102. The van der Waals surface area contributed by atoms with Crippen molar-refractivity contribution < 1.29 is 4.79 Å². The first-order valence-electron chi connectivity index (χ1n) is 9.12. The van der Waals surface area contributed by atoms with E-state index >= 15 is 0 Å². The fraction of sp³-hybridized carbons (Fsp3) is 0.143. The topological polar surface area (TPSA) is 88.5 Å². The van der Waals surface area contributed by atoms with Gasteiger partial charge < -0.3 is 5.32 Å². The fourth-order valence-corrected chi connectivity index (χ4v) is 3.73. The van der Waals surface area contributed by atoms with Crippen LogP contribution >= 0.6 is 11.8 Å². The second-order valence-electron chi connectivity index (χ2n) is 6.52. The van der Waals surface area contributed by atoms with Crippen molar-refractivity contribution in [1.82, 2.24) is 25.0 Å². The molecule has 0 aliphatic carbocycles. The summed E-state index contributed by atoms with van der Waals surface area (Å²) >= 11 is 1.56. The molecule has 8 heteroatoms. The molecular formula is C21H20N6OS. The van der Waals surface area contributed by atoms with Crippen LogP contribution in [-0.4, -0.2) is 30.9 Å². The summed E-state index contributed by atoms with van der Waals surface area (Å²) in [5.41, 5.74) is 5.07. The maximum Gasteiger partial charge on any atom is 0.255 e. The minimum Gasteiger partial charge on any atom is -0.319 e. The Morgan fingerprint density at radius 2 is 1.86 bits per heavy atom. The van der Waals surface area contributed by atoms with Crippen LogP contribution in [-0.2, 0) is 5.75 Å². The molecule has 4 aromatic rings. The molecule has 0 saturated heterocycles. The van der Waals surface area contributed by atoms with Crippen molar-refractivity contribution in [1.29, 1.82) is 0 Å². The average molecular weight is 404 g/mol. The molecule has 2 aromatic heterocycles. The Morgan fingerprint density at radius 1 is 1.10 bits per heavy atom. The number of aryl methyl sites for hydroxylation is 1. The highest BCUT2D eigenvalue weighted by Crippen LogP contribution is 2.24. The summed E-state index contributed by atoms with van der Waals surface area (Å²) in [6.45, 7) is 3.85. The molecule has 29 heavy (non-hydrogen) atoms. The average Bonchev–Trinajstić information content (AvgIpc) is 3.37. The van der Waals surface area contributed by atoms with Gasteiger partial charge in [-0.2, -0.15) is 10.2 Å². The van der Waals surface area contributed by atoms with Crippen LogP contribution in [0.4, 0.5) is 5.69 Å². The number of hydrogen-bond donors (Lipinski definition) is 2. The molecule has 0 aliphatic rings. The van der Waals surface area contributed by atoms with Gasteiger partial charge in [0, 0.05) is 11.3 Å². The van der Waals surface area contributed by atoms with Crippen molar-refractivity contribution in [2.75, 3.05) is 5.32 Å². The van der Waals surface area contributed by atoms with Gasteiger partial charge in [-0.05, 0) is 43.7 Å². The van der Waals surface area contributed by atoms with Crippen molar-refractivity contribution in [3.8, 4) is 5.69 Å². The minimum atomic E-state index is -0.154. The smallest absolute Gasteiger partial charge is 0.255 e.